The Hall–Kier alpha value is -0.170. The van der Waals surface area contributed by atoms with Crippen LogP contribution in [0.5, 0.6) is 0 Å². The van der Waals surface area contributed by atoms with E-state index in [2.05, 4.69) is 9.71 Å². The zero-order valence-electron chi connectivity index (χ0n) is 10.2. The summed E-state index contributed by atoms with van der Waals surface area (Å²) in [4.78, 5) is 3.92. The van der Waals surface area contributed by atoms with E-state index in [1.165, 1.54) is 0 Å². The van der Waals surface area contributed by atoms with Gasteiger partial charge in [0.2, 0.25) is 0 Å². The van der Waals surface area contributed by atoms with Gasteiger partial charge in [0.25, 0.3) is 10.0 Å². The highest BCUT2D eigenvalue weighted by molar-refractivity contribution is 7.91. The Morgan fingerprint density at radius 1 is 1.47 bits per heavy atom. The Morgan fingerprint density at radius 3 is 2.53 bits per heavy atom. The lowest BCUT2D eigenvalue weighted by Crippen LogP contribution is -2.34. The molecule has 1 heterocycles. The molecule has 0 saturated heterocycles. The van der Waals surface area contributed by atoms with Gasteiger partial charge in [-0.1, -0.05) is 43.2 Å². The fraction of sp³-hybridized carbons (Fsp3) is 0.700. The minimum absolute atomic E-state index is 0.0229. The van der Waals surface area contributed by atoms with Gasteiger partial charge >= 0.3 is 0 Å². The first-order valence-corrected chi connectivity index (χ1v) is 8.23. The maximum absolute atomic E-state index is 12.1. The summed E-state index contributed by atoms with van der Waals surface area (Å²) >= 11 is 6.71. The molecule has 0 radical (unpaired) electrons. The quantitative estimate of drug-likeness (QED) is 0.878. The number of thiazole rings is 1. The van der Waals surface area contributed by atoms with Crippen LogP contribution in [-0.4, -0.2) is 19.4 Å². The Kier molecular flexibility index (Phi) is 5.37. The van der Waals surface area contributed by atoms with Gasteiger partial charge in [-0.05, 0) is 19.8 Å². The number of aryl methyl sites for hydroxylation is 1. The fourth-order valence-electron chi connectivity index (χ4n) is 1.57. The van der Waals surface area contributed by atoms with Crippen LogP contribution in [0.2, 0.25) is 4.47 Å². The summed E-state index contributed by atoms with van der Waals surface area (Å²) in [5.41, 5.74) is 0.457. The highest BCUT2D eigenvalue weighted by Crippen LogP contribution is 2.27. The van der Waals surface area contributed by atoms with Gasteiger partial charge in [0.1, 0.15) is 0 Å². The van der Waals surface area contributed by atoms with Crippen molar-refractivity contribution in [1.29, 1.82) is 0 Å². The van der Waals surface area contributed by atoms with Crippen molar-refractivity contribution in [3.8, 4) is 0 Å². The molecule has 0 bridgehead atoms. The SMILES string of the molecule is CCCC(CC)NS(=O)(=O)c1sc(Cl)nc1C. The second kappa shape index (κ2) is 6.13. The van der Waals surface area contributed by atoms with Crippen molar-refractivity contribution in [2.45, 2.75) is 50.3 Å². The largest absolute Gasteiger partial charge is 0.252 e. The molecule has 0 aliphatic carbocycles. The van der Waals surface area contributed by atoms with Crippen molar-refractivity contribution in [2.24, 2.45) is 0 Å². The second-order valence-corrected chi connectivity index (χ2v) is 7.35. The van der Waals surface area contributed by atoms with Crippen LogP contribution < -0.4 is 4.72 Å². The third-order valence-corrected chi connectivity index (χ3v) is 5.82. The van der Waals surface area contributed by atoms with E-state index in [1.54, 1.807) is 6.92 Å². The van der Waals surface area contributed by atoms with E-state index in [0.717, 1.165) is 30.6 Å². The van der Waals surface area contributed by atoms with Crippen molar-refractivity contribution in [3.63, 3.8) is 0 Å². The van der Waals surface area contributed by atoms with E-state index < -0.39 is 10.0 Å². The maximum Gasteiger partial charge on any atom is 0.252 e. The van der Waals surface area contributed by atoms with Crippen LogP contribution in [0.1, 0.15) is 38.8 Å². The molecular formula is C10H17ClN2O2S2. The molecule has 98 valence electrons. The average molecular weight is 297 g/mol. The van der Waals surface area contributed by atoms with Crippen LogP contribution >= 0.6 is 22.9 Å². The van der Waals surface area contributed by atoms with Gasteiger partial charge in [-0.15, -0.1) is 0 Å². The number of halogens is 1. The van der Waals surface area contributed by atoms with E-state index in [9.17, 15) is 8.42 Å². The monoisotopic (exact) mass is 296 g/mol. The highest BCUT2D eigenvalue weighted by atomic mass is 35.5. The molecule has 1 unspecified atom stereocenters. The maximum atomic E-state index is 12.1. The van der Waals surface area contributed by atoms with E-state index in [0.29, 0.717) is 5.69 Å². The lowest BCUT2D eigenvalue weighted by molar-refractivity contribution is 0.513. The Morgan fingerprint density at radius 2 is 2.12 bits per heavy atom. The summed E-state index contributed by atoms with van der Waals surface area (Å²) in [7, 11) is -3.48. The standard InChI is InChI=1S/C10H17ClN2O2S2/c1-4-6-8(5-2)13-17(14,15)9-7(3)12-10(11)16-9/h8,13H,4-6H2,1-3H3. The molecule has 0 spiro atoms. The number of nitrogens with one attached hydrogen (secondary N) is 1. The number of sulfonamides is 1. The molecule has 1 rings (SSSR count). The number of hydrogen-bond acceptors (Lipinski definition) is 4. The Balaban J connectivity index is 2.92. The smallest absolute Gasteiger partial charge is 0.229 e. The van der Waals surface area contributed by atoms with Crippen LogP contribution in [0.4, 0.5) is 0 Å². The van der Waals surface area contributed by atoms with Crippen molar-refractivity contribution in [2.75, 3.05) is 0 Å². The van der Waals surface area contributed by atoms with Gasteiger partial charge < -0.3 is 0 Å². The third kappa shape index (κ3) is 3.91. The van der Waals surface area contributed by atoms with Gasteiger partial charge in [0.05, 0.1) is 5.69 Å². The lowest BCUT2D eigenvalue weighted by atomic mass is 10.1. The number of hydrogen-bond donors (Lipinski definition) is 1. The molecule has 1 N–H and O–H groups in total. The summed E-state index contributed by atoms with van der Waals surface area (Å²) in [6.07, 6.45) is 2.56. The zero-order valence-corrected chi connectivity index (χ0v) is 12.5. The molecule has 0 saturated carbocycles. The fourth-order valence-corrected chi connectivity index (χ4v) is 4.68. The first-order chi connectivity index (χ1) is 7.90. The van der Waals surface area contributed by atoms with Gasteiger partial charge in [0, 0.05) is 6.04 Å². The summed E-state index contributed by atoms with van der Waals surface area (Å²) < 4.78 is 27.4. The van der Waals surface area contributed by atoms with Gasteiger partial charge in [-0.2, -0.15) is 0 Å². The van der Waals surface area contributed by atoms with Crippen LogP contribution in [0.25, 0.3) is 0 Å². The predicted octanol–water partition coefficient (Wildman–Crippen LogP) is 2.96. The lowest BCUT2D eigenvalue weighted by Gasteiger charge is -2.15. The van der Waals surface area contributed by atoms with Gasteiger partial charge in [-0.3, -0.25) is 0 Å². The predicted molar refractivity (Wildman–Crippen MR) is 71.2 cm³/mol. The van der Waals surface area contributed by atoms with Crippen LogP contribution in [0.3, 0.4) is 0 Å². The molecule has 0 aromatic carbocycles. The topological polar surface area (TPSA) is 59.1 Å². The summed E-state index contributed by atoms with van der Waals surface area (Å²) in [6.45, 7) is 5.65. The molecule has 1 atom stereocenters. The summed E-state index contributed by atoms with van der Waals surface area (Å²) in [5, 5.41) is 0. The number of rotatable bonds is 6. The van der Waals surface area contributed by atoms with E-state index >= 15 is 0 Å². The van der Waals surface area contributed by atoms with Crippen molar-refractivity contribution < 1.29 is 8.42 Å². The normalized spacial score (nSPS) is 13.9. The van der Waals surface area contributed by atoms with Crippen molar-refractivity contribution >= 4 is 33.0 Å². The van der Waals surface area contributed by atoms with Gasteiger partial charge in [-0.25, -0.2) is 18.1 Å². The number of aromatic nitrogens is 1. The third-order valence-electron chi connectivity index (χ3n) is 2.42. The zero-order chi connectivity index (χ0) is 13.1. The van der Waals surface area contributed by atoms with E-state index in [1.807, 2.05) is 13.8 Å². The first kappa shape index (κ1) is 14.9. The van der Waals surface area contributed by atoms with E-state index in [-0.39, 0.29) is 14.7 Å². The molecule has 1 aromatic heterocycles. The van der Waals surface area contributed by atoms with E-state index in [4.69, 9.17) is 11.6 Å². The molecule has 0 fully saturated rings. The molecule has 0 aliphatic rings. The molecule has 0 amide bonds. The highest BCUT2D eigenvalue weighted by Gasteiger charge is 2.23. The Bertz CT molecular complexity index is 471. The minimum Gasteiger partial charge on any atom is -0.229 e. The molecule has 7 heteroatoms. The van der Waals surface area contributed by atoms with Crippen LogP contribution in [-0.2, 0) is 10.0 Å². The summed E-state index contributed by atoms with van der Waals surface area (Å²) in [6, 6.07) is -0.0229. The van der Waals surface area contributed by atoms with Crippen molar-refractivity contribution in [1.82, 2.24) is 9.71 Å². The van der Waals surface area contributed by atoms with Gasteiger partial charge in [0.15, 0.2) is 8.68 Å². The molecule has 4 nitrogen and oxygen atoms in total. The summed E-state index contributed by atoms with van der Waals surface area (Å²) in [5.74, 6) is 0. The first-order valence-electron chi connectivity index (χ1n) is 5.56. The van der Waals surface area contributed by atoms with Crippen molar-refractivity contribution in [3.05, 3.63) is 10.2 Å². The minimum atomic E-state index is -3.48. The average Bonchev–Trinajstić information content (AvgIpc) is 2.57. The number of nitrogens with zero attached hydrogens (tertiary/aromatic N) is 1. The Labute approximate surface area is 111 Å². The van der Waals surface area contributed by atoms with Crippen LogP contribution in [0, 0.1) is 6.92 Å². The second-order valence-electron chi connectivity index (χ2n) is 3.85. The molecule has 1 aromatic rings. The molecular weight excluding hydrogens is 280 g/mol. The van der Waals surface area contributed by atoms with Crippen LogP contribution in [0.15, 0.2) is 4.21 Å². The molecule has 17 heavy (non-hydrogen) atoms. The molecule has 0 aliphatic heterocycles.